The Morgan fingerprint density at radius 2 is 2.35 bits per heavy atom. The van der Waals surface area contributed by atoms with Gasteiger partial charge in [-0.15, -0.1) is 6.42 Å². The molecule has 3 heterocycles. The van der Waals surface area contributed by atoms with Gasteiger partial charge in [0.05, 0.1) is 11.4 Å². The molecule has 1 fully saturated rings. The number of hydrogen-bond acceptors (Lipinski definition) is 6. The number of thiol groups is 1. The van der Waals surface area contributed by atoms with Crippen molar-refractivity contribution in [3.05, 3.63) is 12.0 Å². The largest absolute Gasteiger partial charge is 0.383 e. The third kappa shape index (κ3) is 2.84. The van der Waals surface area contributed by atoms with Crippen LogP contribution in [0.15, 0.2) is 6.33 Å². The van der Waals surface area contributed by atoms with Crippen molar-refractivity contribution in [3.8, 4) is 12.3 Å². The van der Waals surface area contributed by atoms with Gasteiger partial charge in [-0.25, -0.2) is 14.6 Å². The highest BCUT2D eigenvalue weighted by Crippen LogP contribution is 2.28. The fraction of sp³-hybridized carbons (Fsp3) is 0.467. The van der Waals surface area contributed by atoms with Crippen LogP contribution in [0.4, 0.5) is 5.82 Å². The van der Waals surface area contributed by atoms with Crippen LogP contribution in [0.25, 0.3) is 11.0 Å². The summed E-state index contributed by atoms with van der Waals surface area (Å²) >= 11 is 4.13. The molecule has 0 bridgehead atoms. The van der Waals surface area contributed by atoms with Gasteiger partial charge in [0, 0.05) is 19.5 Å². The Bertz CT molecular complexity index is 780. The smallest absolute Gasteiger partial charge is 0.223 e. The van der Waals surface area contributed by atoms with E-state index in [2.05, 4.69) is 33.6 Å². The van der Waals surface area contributed by atoms with Gasteiger partial charge in [-0.2, -0.15) is 17.7 Å². The molecule has 2 N–H and O–H groups in total. The molecule has 2 aromatic heterocycles. The zero-order chi connectivity index (χ0) is 16.4. The molecule has 1 aliphatic heterocycles. The number of nitrogen functional groups attached to an aromatic ring is 1. The van der Waals surface area contributed by atoms with Crippen LogP contribution in [0.5, 0.6) is 0 Å². The first-order valence-corrected chi connectivity index (χ1v) is 8.13. The Morgan fingerprint density at radius 3 is 3.09 bits per heavy atom. The monoisotopic (exact) mass is 330 g/mol. The zero-order valence-corrected chi connectivity index (χ0v) is 13.5. The first-order valence-electron chi connectivity index (χ1n) is 7.49. The van der Waals surface area contributed by atoms with Crippen LogP contribution >= 0.6 is 12.6 Å². The summed E-state index contributed by atoms with van der Waals surface area (Å²) in [5, 5.41) is 5.08. The molecule has 1 atom stereocenters. The normalized spacial score (nSPS) is 18.1. The number of hydrogen-bond donors (Lipinski definition) is 2. The molecular formula is C15H18N6OS. The second kappa shape index (κ2) is 6.46. The molecule has 0 spiro atoms. The number of fused-ring (bicyclic) bond motifs is 1. The molecule has 0 saturated carbocycles. The Kier molecular flexibility index (Phi) is 4.39. The Hall–Kier alpha value is -2.27. The third-order valence-electron chi connectivity index (χ3n) is 4.08. The van der Waals surface area contributed by atoms with E-state index in [4.69, 9.17) is 12.2 Å². The predicted octanol–water partition coefficient (Wildman–Crippen LogP) is 0.873. The Balaban J connectivity index is 1.96. The summed E-state index contributed by atoms with van der Waals surface area (Å²) in [4.78, 5) is 22.3. The van der Waals surface area contributed by atoms with Crippen molar-refractivity contribution in [1.82, 2.24) is 24.6 Å². The van der Waals surface area contributed by atoms with Crippen LogP contribution in [0.3, 0.4) is 0 Å². The lowest BCUT2D eigenvalue weighted by molar-refractivity contribution is -0.132. The number of likely N-dealkylation sites (tertiary alicyclic amines) is 1. The maximum absolute atomic E-state index is 12.1. The van der Waals surface area contributed by atoms with Gasteiger partial charge >= 0.3 is 0 Å². The number of anilines is 1. The molecule has 0 unspecified atom stereocenters. The summed E-state index contributed by atoms with van der Waals surface area (Å²) in [5.74, 6) is 3.54. The summed E-state index contributed by atoms with van der Waals surface area (Å²) in [5.41, 5.74) is 6.98. The average Bonchev–Trinajstić information content (AvgIpc) is 2.95. The quantitative estimate of drug-likeness (QED) is 0.644. The van der Waals surface area contributed by atoms with Crippen molar-refractivity contribution in [1.29, 1.82) is 0 Å². The van der Waals surface area contributed by atoms with E-state index in [-0.39, 0.29) is 11.9 Å². The van der Waals surface area contributed by atoms with Gasteiger partial charge in [0.25, 0.3) is 0 Å². The van der Waals surface area contributed by atoms with Crippen molar-refractivity contribution < 1.29 is 4.79 Å². The second-order valence-electron chi connectivity index (χ2n) is 5.50. The summed E-state index contributed by atoms with van der Waals surface area (Å²) in [6.07, 6.45) is 9.21. The second-order valence-corrected chi connectivity index (χ2v) is 5.95. The Labute approximate surface area is 139 Å². The molecule has 2 aromatic rings. The molecular weight excluding hydrogens is 312 g/mol. The van der Waals surface area contributed by atoms with Gasteiger partial charge in [0.15, 0.2) is 5.65 Å². The lowest BCUT2D eigenvalue weighted by Crippen LogP contribution is -2.41. The van der Waals surface area contributed by atoms with Crippen molar-refractivity contribution in [3.63, 3.8) is 0 Å². The number of carbonyl (C=O) groups is 1. The molecule has 3 rings (SSSR count). The molecule has 1 amide bonds. The minimum Gasteiger partial charge on any atom is -0.383 e. The van der Waals surface area contributed by atoms with Gasteiger partial charge in [-0.3, -0.25) is 4.79 Å². The third-order valence-corrected chi connectivity index (χ3v) is 4.30. The molecule has 0 aliphatic carbocycles. The zero-order valence-electron chi connectivity index (χ0n) is 12.6. The van der Waals surface area contributed by atoms with Crippen LogP contribution in [0.1, 0.15) is 31.0 Å². The van der Waals surface area contributed by atoms with Gasteiger partial charge in [0.2, 0.25) is 5.91 Å². The standard InChI is InChI=1S/C15H18N6OS/c1-2-11-13-14(16)17-9-18-15(13)21(19-11)10-4-3-6-20(8-10)12(22)5-7-23/h1,9-10,23H,3-8H2,(H2,16,17,18)/t10-/m1/s1. The van der Waals surface area contributed by atoms with E-state index in [0.29, 0.717) is 41.3 Å². The van der Waals surface area contributed by atoms with E-state index in [9.17, 15) is 4.79 Å². The molecule has 1 aliphatic rings. The molecule has 0 radical (unpaired) electrons. The van der Waals surface area contributed by atoms with E-state index in [1.807, 2.05) is 4.90 Å². The molecule has 23 heavy (non-hydrogen) atoms. The lowest BCUT2D eigenvalue weighted by Gasteiger charge is -2.33. The predicted molar refractivity (Wildman–Crippen MR) is 91.0 cm³/mol. The molecule has 0 aromatic carbocycles. The fourth-order valence-electron chi connectivity index (χ4n) is 2.99. The molecule has 120 valence electrons. The Morgan fingerprint density at radius 1 is 1.52 bits per heavy atom. The topological polar surface area (TPSA) is 89.9 Å². The summed E-state index contributed by atoms with van der Waals surface area (Å²) in [6.45, 7) is 1.36. The number of nitrogens with two attached hydrogens (primary N) is 1. The number of carbonyl (C=O) groups excluding carboxylic acids is 1. The fourth-order valence-corrected chi connectivity index (χ4v) is 3.18. The highest BCUT2D eigenvalue weighted by Gasteiger charge is 2.27. The van der Waals surface area contributed by atoms with Crippen molar-refractivity contribution in [2.24, 2.45) is 0 Å². The van der Waals surface area contributed by atoms with E-state index in [0.717, 1.165) is 19.4 Å². The highest BCUT2D eigenvalue weighted by atomic mass is 32.1. The van der Waals surface area contributed by atoms with Crippen molar-refractivity contribution in [2.75, 3.05) is 24.6 Å². The van der Waals surface area contributed by atoms with Gasteiger partial charge in [-0.05, 0) is 24.5 Å². The summed E-state index contributed by atoms with van der Waals surface area (Å²) in [6, 6.07) is 0.0338. The number of nitrogens with zero attached hydrogens (tertiary/aromatic N) is 5. The average molecular weight is 330 g/mol. The first-order chi connectivity index (χ1) is 11.2. The van der Waals surface area contributed by atoms with Gasteiger partial charge < -0.3 is 10.6 Å². The van der Waals surface area contributed by atoms with E-state index >= 15 is 0 Å². The van der Waals surface area contributed by atoms with Crippen LogP contribution < -0.4 is 5.73 Å². The van der Waals surface area contributed by atoms with Gasteiger partial charge in [-0.1, -0.05) is 0 Å². The number of piperidine rings is 1. The number of aromatic nitrogens is 4. The van der Waals surface area contributed by atoms with Crippen LogP contribution in [0.2, 0.25) is 0 Å². The van der Waals surface area contributed by atoms with E-state index in [1.165, 1.54) is 6.33 Å². The maximum Gasteiger partial charge on any atom is 0.223 e. The highest BCUT2D eigenvalue weighted by molar-refractivity contribution is 7.80. The summed E-state index contributed by atoms with van der Waals surface area (Å²) in [7, 11) is 0. The van der Waals surface area contributed by atoms with Crippen LogP contribution in [-0.2, 0) is 4.79 Å². The minimum absolute atomic E-state index is 0.0338. The molecule has 1 saturated heterocycles. The van der Waals surface area contributed by atoms with Crippen molar-refractivity contribution in [2.45, 2.75) is 25.3 Å². The number of rotatable bonds is 3. The minimum atomic E-state index is 0.0338. The van der Waals surface area contributed by atoms with E-state index < -0.39 is 0 Å². The summed E-state index contributed by atoms with van der Waals surface area (Å²) < 4.78 is 1.79. The maximum atomic E-state index is 12.1. The lowest BCUT2D eigenvalue weighted by atomic mass is 10.1. The molecule has 8 heteroatoms. The number of amides is 1. The van der Waals surface area contributed by atoms with E-state index in [1.54, 1.807) is 4.68 Å². The van der Waals surface area contributed by atoms with Crippen LogP contribution in [0, 0.1) is 12.3 Å². The first kappa shape index (κ1) is 15.6. The number of terminal acetylenes is 1. The van der Waals surface area contributed by atoms with Crippen molar-refractivity contribution >= 4 is 35.4 Å². The van der Waals surface area contributed by atoms with Gasteiger partial charge in [0.1, 0.15) is 17.8 Å². The molecule has 7 nitrogen and oxygen atoms in total. The van der Waals surface area contributed by atoms with Crippen LogP contribution in [-0.4, -0.2) is 49.4 Å². The SMILES string of the molecule is C#Cc1nn([C@@H]2CCCN(C(=O)CCS)C2)c2ncnc(N)c12.